The molecule has 1 atom stereocenters. The fourth-order valence-corrected chi connectivity index (χ4v) is 4.70. The fraction of sp³-hybridized carbons (Fsp3) is 0.562. The number of nitrogens with one attached hydrogen (secondary N) is 1. The van der Waals surface area contributed by atoms with E-state index in [-0.39, 0.29) is 23.5 Å². The highest BCUT2D eigenvalue weighted by Crippen LogP contribution is 2.32. The molecule has 0 aliphatic carbocycles. The van der Waals surface area contributed by atoms with Gasteiger partial charge in [0, 0.05) is 37.8 Å². The molecule has 0 radical (unpaired) electrons. The van der Waals surface area contributed by atoms with E-state index in [2.05, 4.69) is 5.32 Å². The topological polar surface area (TPSA) is 84.9 Å². The molecule has 1 fully saturated rings. The van der Waals surface area contributed by atoms with E-state index in [0.717, 1.165) is 11.4 Å². The average Bonchev–Trinajstić information content (AvgIpc) is 2.94. The minimum atomic E-state index is -2.98. The lowest BCUT2D eigenvalue weighted by Gasteiger charge is -2.23. The van der Waals surface area contributed by atoms with Crippen LogP contribution in [0.5, 0.6) is 11.5 Å². The van der Waals surface area contributed by atoms with E-state index in [0.29, 0.717) is 38.3 Å². The van der Waals surface area contributed by atoms with E-state index in [1.165, 1.54) is 0 Å². The molecule has 0 bridgehead atoms. The molecule has 8 heteroatoms. The molecule has 1 aromatic rings. The first-order valence-corrected chi connectivity index (χ1v) is 9.86. The minimum Gasteiger partial charge on any atom is -0.486 e. The van der Waals surface area contributed by atoms with Gasteiger partial charge < -0.3 is 19.7 Å². The van der Waals surface area contributed by atoms with Gasteiger partial charge in [0.05, 0.1) is 11.5 Å². The van der Waals surface area contributed by atoms with Gasteiger partial charge in [-0.15, -0.1) is 0 Å². The molecule has 132 valence electrons. The summed E-state index contributed by atoms with van der Waals surface area (Å²) in [6, 6.07) is 5.38. The Morgan fingerprint density at radius 1 is 1.29 bits per heavy atom. The highest BCUT2D eigenvalue weighted by atomic mass is 32.2. The first-order chi connectivity index (χ1) is 11.4. The molecule has 7 nitrogen and oxygen atoms in total. The van der Waals surface area contributed by atoms with E-state index in [9.17, 15) is 13.2 Å². The number of carbonyl (C=O) groups is 1. The third kappa shape index (κ3) is 3.92. The maximum absolute atomic E-state index is 12.2. The zero-order valence-electron chi connectivity index (χ0n) is 13.7. The van der Waals surface area contributed by atoms with Crippen LogP contribution in [0, 0.1) is 0 Å². The largest absolute Gasteiger partial charge is 0.486 e. The second kappa shape index (κ2) is 6.88. The maximum Gasteiger partial charge on any atom is 0.224 e. The number of fused-ring (bicyclic) bond motifs is 1. The summed E-state index contributed by atoms with van der Waals surface area (Å²) in [6.45, 7) is 1.56. The molecule has 0 aromatic heterocycles. The Kier molecular flexibility index (Phi) is 4.84. The fourth-order valence-electron chi connectivity index (χ4n) is 2.93. The molecule has 2 heterocycles. The van der Waals surface area contributed by atoms with Gasteiger partial charge >= 0.3 is 0 Å². The van der Waals surface area contributed by atoms with Gasteiger partial charge in [0.1, 0.15) is 13.2 Å². The molecule has 24 heavy (non-hydrogen) atoms. The van der Waals surface area contributed by atoms with E-state index in [1.807, 2.05) is 18.2 Å². The van der Waals surface area contributed by atoms with Crippen LogP contribution in [0.4, 0.5) is 5.69 Å². The van der Waals surface area contributed by atoms with Gasteiger partial charge in [0.25, 0.3) is 0 Å². The van der Waals surface area contributed by atoms with Gasteiger partial charge in [-0.3, -0.25) is 4.79 Å². The third-order valence-electron chi connectivity index (χ3n) is 4.36. The van der Waals surface area contributed by atoms with Crippen molar-refractivity contribution in [2.75, 3.05) is 43.6 Å². The van der Waals surface area contributed by atoms with E-state index < -0.39 is 9.84 Å². The Balaban J connectivity index is 1.48. The molecular formula is C16H22N2O5S. The third-order valence-corrected chi connectivity index (χ3v) is 6.11. The van der Waals surface area contributed by atoms with Gasteiger partial charge in [-0.1, -0.05) is 0 Å². The Morgan fingerprint density at radius 2 is 2.04 bits per heavy atom. The van der Waals surface area contributed by atoms with Crippen molar-refractivity contribution >= 4 is 21.4 Å². The summed E-state index contributed by atoms with van der Waals surface area (Å²) in [7, 11) is -1.30. The lowest BCUT2D eigenvalue weighted by atomic mass is 10.2. The number of ether oxygens (including phenoxy) is 2. The Labute approximate surface area is 141 Å². The van der Waals surface area contributed by atoms with Crippen LogP contribution < -0.4 is 14.8 Å². The van der Waals surface area contributed by atoms with E-state index >= 15 is 0 Å². The Bertz CT molecular complexity index is 719. The number of benzene rings is 1. The van der Waals surface area contributed by atoms with Crippen molar-refractivity contribution in [3.05, 3.63) is 18.2 Å². The first-order valence-electron chi connectivity index (χ1n) is 8.04. The predicted octanol–water partition coefficient (Wildman–Crippen LogP) is 0.905. The SMILES string of the molecule is CN(C(=O)CCNc1ccc2c(c1)OCCO2)C1CCS(=O)(=O)C1. The van der Waals surface area contributed by atoms with Crippen LogP contribution >= 0.6 is 0 Å². The lowest BCUT2D eigenvalue weighted by Crippen LogP contribution is -2.38. The van der Waals surface area contributed by atoms with Gasteiger partial charge in [0.2, 0.25) is 5.91 Å². The number of rotatable bonds is 5. The lowest BCUT2D eigenvalue weighted by molar-refractivity contribution is -0.131. The smallest absolute Gasteiger partial charge is 0.224 e. The highest BCUT2D eigenvalue weighted by molar-refractivity contribution is 7.91. The molecular weight excluding hydrogens is 332 g/mol. The molecule has 1 saturated heterocycles. The summed E-state index contributed by atoms with van der Waals surface area (Å²) >= 11 is 0. The summed E-state index contributed by atoms with van der Waals surface area (Å²) < 4.78 is 34.0. The van der Waals surface area contributed by atoms with Crippen molar-refractivity contribution in [1.29, 1.82) is 0 Å². The zero-order chi connectivity index (χ0) is 17.2. The Morgan fingerprint density at radius 3 is 2.75 bits per heavy atom. The summed E-state index contributed by atoms with van der Waals surface area (Å²) in [5.74, 6) is 1.62. The van der Waals surface area contributed by atoms with Gasteiger partial charge in [-0.05, 0) is 18.6 Å². The van der Waals surface area contributed by atoms with Crippen LogP contribution in [-0.4, -0.2) is 63.6 Å². The van der Waals surface area contributed by atoms with E-state index in [4.69, 9.17) is 9.47 Å². The summed E-state index contributed by atoms with van der Waals surface area (Å²) in [4.78, 5) is 13.8. The van der Waals surface area contributed by atoms with Gasteiger partial charge in [-0.2, -0.15) is 0 Å². The molecule has 1 aromatic carbocycles. The standard InChI is InChI=1S/C16H22N2O5S/c1-18(13-5-9-24(20,21)11-13)16(19)4-6-17-12-2-3-14-15(10-12)23-8-7-22-14/h2-3,10,13,17H,4-9,11H2,1H3. The second-order valence-corrected chi connectivity index (χ2v) is 8.33. The van der Waals surface area contributed by atoms with Crippen LogP contribution in [0.15, 0.2) is 18.2 Å². The summed E-state index contributed by atoms with van der Waals surface area (Å²) in [5, 5.41) is 3.19. The van der Waals surface area contributed by atoms with Gasteiger partial charge in [0.15, 0.2) is 21.3 Å². The van der Waals surface area contributed by atoms with Crippen LogP contribution in [0.1, 0.15) is 12.8 Å². The number of carbonyl (C=O) groups excluding carboxylic acids is 1. The van der Waals surface area contributed by atoms with Crippen molar-refractivity contribution in [1.82, 2.24) is 4.90 Å². The van der Waals surface area contributed by atoms with E-state index in [1.54, 1.807) is 11.9 Å². The number of amides is 1. The first kappa shape index (κ1) is 16.9. The molecule has 0 spiro atoms. The predicted molar refractivity (Wildman–Crippen MR) is 90.4 cm³/mol. The number of sulfone groups is 1. The quantitative estimate of drug-likeness (QED) is 0.846. The molecule has 3 rings (SSSR count). The summed E-state index contributed by atoms with van der Waals surface area (Å²) in [5.41, 5.74) is 0.859. The molecule has 2 aliphatic rings. The minimum absolute atomic E-state index is 0.0536. The molecule has 1 unspecified atom stereocenters. The highest BCUT2D eigenvalue weighted by Gasteiger charge is 2.32. The van der Waals surface area contributed by atoms with Crippen molar-refractivity contribution < 1.29 is 22.7 Å². The molecule has 1 N–H and O–H groups in total. The van der Waals surface area contributed by atoms with Crippen molar-refractivity contribution in [2.24, 2.45) is 0 Å². The average molecular weight is 354 g/mol. The van der Waals surface area contributed by atoms with Crippen LogP contribution in [0.25, 0.3) is 0 Å². The Hall–Kier alpha value is -1.96. The van der Waals surface area contributed by atoms with Gasteiger partial charge in [-0.25, -0.2) is 8.42 Å². The van der Waals surface area contributed by atoms with Crippen LogP contribution in [-0.2, 0) is 14.6 Å². The summed E-state index contributed by atoms with van der Waals surface area (Å²) in [6.07, 6.45) is 0.835. The number of hydrogen-bond donors (Lipinski definition) is 1. The van der Waals surface area contributed by atoms with Crippen molar-refractivity contribution in [2.45, 2.75) is 18.9 Å². The number of hydrogen-bond acceptors (Lipinski definition) is 6. The van der Waals surface area contributed by atoms with Crippen molar-refractivity contribution in [3.8, 4) is 11.5 Å². The zero-order valence-corrected chi connectivity index (χ0v) is 14.5. The second-order valence-electron chi connectivity index (χ2n) is 6.10. The number of anilines is 1. The van der Waals surface area contributed by atoms with Crippen molar-refractivity contribution in [3.63, 3.8) is 0 Å². The molecule has 1 amide bonds. The maximum atomic E-state index is 12.2. The number of nitrogens with zero attached hydrogens (tertiary/aromatic N) is 1. The molecule has 2 aliphatic heterocycles. The normalized spacial score (nSPS) is 21.3. The van der Waals surface area contributed by atoms with Crippen LogP contribution in [0.2, 0.25) is 0 Å². The monoisotopic (exact) mass is 354 g/mol. The van der Waals surface area contributed by atoms with Crippen LogP contribution in [0.3, 0.4) is 0 Å². The molecule has 0 saturated carbocycles.